The third kappa shape index (κ3) is 3.55. The van der Waals surface area contributed by atoms with E-state index < -0.39 is 0 Å². The van der Waals surface area contributed by atoms with E-state index in [1.807, 2.05) is 25.1 Å². The number of hydrogen-bond acceptors (Lipinski definition) is 5. The molecule has 1 fully saturated rings. The van der Waals surface area contributed by atoms with Crippen molar-refractivity contribution in [2.75, 3.05) is 16.8 Å². The van der Waals surface area contributed by atoms with Crippen molar-refractivity contribution in [3.8, 4) is 0 Å². The van der Waals surface area contributed by atoms with Crippen LogP contribution in [-0.2, 0) is 22.6 Å². The molecule has 0 unspecified atom stereocenters. The Kier molecular flexibility index (Phi) is 4.95. The van der Waals surface area contributed by atoms with Crippen LogP contribution in [0.2, 0.25) is 0 Å². The summed E-state index contributed by atoms with van der Waals surface area (Å²) in [6.45, 7) is 2.65. The monoisotopic (exact) mass is 396 g/mol. The molecule has 0 atom stereocenters. The van der Waals surface area contributed by atoms with Gasteiger partial charge in [-0.25, -0.2) is 4.98 Å². The van der Waals surface area contributed by atoms with Gasteiger partial charge in [-0.2, -0.15) is 0 Å². The van der Waals surface area contributed by atoms with Gasteiger partial charge in [-0.05, 0) is 43.2 Å². The maximum absolute atomic E-state index is 12.6. The van der Waals surface area contributed by atoms with Crippen LogP contribution < -0.4 is 15.8 Å². The van der Waals surface area contributed by atoms with E-state index in [1.54, 1.807) is 17.0 Å². The van der Waals surface area contributed by atoms with Crippen LogP contribution in [0.1, 0.15) is 24.6 Å². The summed E-state index contributed by atoms with van der Waals surface area (Å²) >= 11 is 1.50. The summed E-state index contributed by atoms with van der Waals surface area (Å²) in [5.74, 6) is -0.182. The molecule has 2 amide bonds. The van der Waals surface area contributed by atoms with E-state index in [1.165, 1.54) is 22.2 Å². The van der Waals surface area contributed by atoms with Gasteiger partial charge in [0.2, 0.25) is 11.8 Å². The zero-order valence-electron chi connectivity index (χ0n) is 15.5. The van der Waals surface area contributed by atoms with Crippen LogP contribution >= 0.6 is 11.3 Å². The van der Waals surface area contributed by atoms with Gasteiger partial charge in [-0.3, -0.25) is 19.0 Å². The van der Waals surface area contributed by atoms with Crippen molar-refractivity contribution in [2.24, 2.45) is 0 Å². The van der Waals surface area contributed by atoms with E-state index in [4.69, 9.17) is 0 Å². The van der Waals surface area contributed by atoms with Gasteiger partial charge in [0.1, 0.15) is 11.4 Å². The fraction of sp³-hybridized carbons (Fsp3) is 0.300. The van der Waals surface area contributed by atoms with Crippen molar-refractivity contribution in [3.05, 3.63) is 51.9 Å². The predicted octanol–water partition coefficient (Wildman–Crippen LogP) is 2.79. The minimum atomic E-state index is -0.306. The number of fused-ring (bicyclic) bond motifs is 1. The topological polar surface area (TPSA) is 84.3 Å². The molecule has 0 aliphatic carbocycles. The largest absolute Gasteiger partial charge is 0.325 e. The first-order valence-electron chi connectivity index (χ1n) is 9.23. The first-order valence-corrected chi connectivity index (χ1v) is 10.0. The molecule has 2 aromatic heterocycles. The Morgan fingerprint density at radius 3 is 2.71 bits per heavy atom. The van der Waals surface area contributed by atoms with Crippen LogP contribution in [-0.4, -0.2) is 27.9 Å². The summed E-state index contributed by atoms with van der Waals surface area (Å²) < 4.78 is 1.32. The highest BCUT2D eigenvalue weighted by Crippen LogP contribution is 2.23. The number of nitrogens with one attached hydrogen (secondary N) is 1. The quantitative estimate of drug-likeness (QED) is 0.719. The lowest BCUT2D eigenvalue weighted by atomic mass is 10.2. The number of hydrogen-bond donors (Lipinski definition) is 1. The van der Waals surface area contributed by atoms with Gasteiger partial charge in [0.15, 0.2) is 0 Å². The van der Waals surface area contributed by atoms with Gasteiger partial charge in [0.05, 0.1) is 11.7 Å². The van der Waals surface area contributed by atoms with Crippen molar-refractivity contribution >= 4 is 44.7 Å². The van der Waals surface area contributed by atoms with Gasteiger partial charge < -0.3 is 10.2 Å². The smallest absolute Gasteiger partial charge is 0.262 e. The van der Waals surface area contributed by atoms with E-state index in [2.05, 4.69) is 10.3 Å². The Morgan fingerprint density at radius 2 is 2.04 bits per heavy atom. The summed E-state index contributed by atoms with van der Waals surface area (Å²) in [7, 11) is 0. The van der Waals surface area contributed by atoms with Crippen LogP contribution in [0.5, 0.6) is 0 Å². The lowest BCUT2D eigenvalue weighted by Crippen LogP contribution is -2.27. The first-order chi connectivity index (χ1) is 13.5. The Balaban J connectivity index is 1.45. The Morgan fingerprint density at radius 1 is 1.25 bits per heavy atom. The van der Waals surface area contributed by atoms with Crippen molar-refractivity contribution in [3.63, 3.8) is 0 Å². The van der Waals surface area contributed by atoms with Crippen molar-refractivity contribution < 1.29 is 9.59 Å². The number of carbonyl (C=O) groups is 2. The van der Waals surface area contributed by atoms with Gasteiger partial charge in [-0.15, -0.1) is 11.3 Å². The number of anilines is 2. The highest BCUT2D eigenvalue weighted by atomic mass is 32.1. The van der Waals surface area contributed by atoms with Gasteiger partial charge in [0.25, 0.3) is 5.56 Å². The molecule has 0 radical (unpaired) electrons. The molecule has 7 nitrogen and oxygen atoms in total. The number of nitrogens with zero attached hydrogens (tertiary/aromatic N) is 3. The molecule has 28 heavy (non-hydrogen) atoms. The summed E-state index contributed by atoms with van der Waals surface area (Å²) in [4.78, 5) is 44.6. The number of benzene rings is 1. The fourth-order valence-corrected chi connectivity index (χ4v) is 4.22. The molecule has 1 aliphatic rings. The van der Waals surface area contributed by atoms with E-state index in [-0.39, 0.29) is 23.9 Å². The van der Waals surface area contributed by atoms with E-state index in [0.717, 1.165) is 30.0 Å². The Hall–Kier alpha value is -3.00. The normalized spacial score (nSPS) is 14.0. The van der Waals surface area contributed by atoms with E-state index in [0.29, 0.717) is 22.3 Å². The maximum Gasteiger partial charge on any atom is 0.262 e. The molecular weight excluding hydrogens is 376 g/mol. The lowest BCUT2D eigenvalue weighted by Gasteiger charge is -2.16. The number of rotatable bonds is 5. The zero-order chi connectivity index (χ0) is 19.7. The number of carbonyl (C=O) groups excluding carboxylic acids is 2. The van der Waals surface area contributed by atoms with Gasteiger partial charge >= 0.3 is 0 Å². The number of amides is 2. The van der Waals surface area contributed by atoms with Crippen molar-refractivity contribution in [2.45, 2.75) is 32.7 Å². The molecule has 3 aromatic rings. The molecule has 144 valence electrons. The third-order valence-corrected chi connectivity index (χ3v) is 5.96. The van der Waals surface area contributed by atoms with Crippen LogP contribution in [0.3, 0.4) is 0 Å². The first kappa shape index (κ1) is 18.4. The second-order valence-electron chi connectivity index (χ2n) is 6.71. The fourth-order valence-electron chi connectivity index (χ4n) is 3.30. The number of aromatic nitrogens is 2. The zero-order valence-corrected chi connectivity index (χ0v) is 16.3. The van der Waals surface area contributed by atoms with Crippen LogP contribution in [0, 0.1) is 0 Å². The molecule has 1 aromatic carbocycles. The molecule has 0 saturated carbocycles. The minimum Gasteiger partial charge on any atom is -0.325 e. The molecule has 0 spiro atoms. The van der Waals surface area contributed by atoms with E-state index >= 15 is 0 Å². The van der Waals surface area contributed by atoms with Gasteiger partial charge in [-0.1, -0.05) is 6.92 Å². The van der Waals surface area contributed by atoms with Crippen LogP contribution in [0.15, 0.2) is 41.5 Å². The summed E-state index contributed by atoms with van der Waals surface area (Å²) in [6.07, 6.45) is 3.71. The highest BCUT2D eigenvalue weighted by Gasteiger charge is 2.21. The van der Waals surface area contributed by atoms with Crippen LogP contribution in [0.25, 0.3) is 10.2 Å². The van der Waals surface area contributed by atoms with E-state index in [9.17, 15) is 14.4 Å². The average molecular weight is 396 g/mol. The lowest BCUT2D eigenvalue weighted by molar-refractivity contribution is -0.117. The number of aryl methyl sites for hydroxylation is 1. The minimum absolute atomic E-state index is 0.106. The molecule has 4 rings (SSSR count). The van der Waals surface area contributed by atoms with Crippen LogP contribution in [0.4, 0.5) is 11.4 Å². The molecule has 3 heterocycles. The highest BCUT2D eigenvalue weighted by molar-refractivity contribution is 7.18. The SMILES string of the molecule is CCc1cc2c(=O)n(CC(=O)Nc3ccc(N4CCCC4=O)cc3)cnc2s1. The van der Waals surface area contributed by atoms with Crippen molar-refractivity contribution in [1.29, 1.82) is 0 Å². The molecule has 0 bridgehead atoms. The van der Waals surface area contributed by atoms with Gasteiger partial charge in [0, 0.05) is 29.2 Å². The molecule has 1 N–H and O–H groups in total. The summed E-state index contributed by atoms with van der Waals surface area (Å²) in [5, 5.41) is 3.34. The second-order valence-corrected chi connectivity index (χ2v) is 7.82. The summed E-state index contributed by atoms with van der Waals surface area (Å²) in [5.41, 5.74) is 1.24. The second kappa shape index (κ2) is 7.55. The molecule has 8 heteroatoms. The predicted molar refractivity (Wildman–Crippen MR) is 110 cm³/mol. The Labute approximate surface area is 165 Å². The number of thiophene rings is 1. The molecular formula is C20H20N4O3S. The van der Waals surface area contributed by atoms with Crippen molar-refractivity contribution in [1.82, 2.24) is 9.55 Å². The maximum atomic E-state index is 12.6. The summed E-state index contributed by atoms with van der Waals surface area (Å²) in [6, 6.07) is 9.00. The Bertz CT molecular complexity index is 1100. The standard InChI is InChI=1S/C20H20N4O3S/c1-2-15-10-16-19(28-15)21-12-23(20(16)27)11-17(25)22-13-5-7-14(8-6-13)24-9-3-4-18(24)26/h5-8,10,12H,2-4,9,11H2,1H3,(H,22,25). The third-order valence-electron chi connectivity index (χ3n) is 4.77. The molecule has 1 saturated heterocycles. The average Bonchev–Trinajstić information content (AvgIpc) is 3.31. The molecule has 1 aliphatic heterocycles.